The summed E-state index contributed by atoms with van der Waals surface area (Å²) in [4.78, 5) is 12.5. The Kier molecular flexibility index (Phi) is 4.70. The van der Waals surface area contributed by atoms with Crippen molar-refractivity contribution in [2.24, 2.45) is 0 Å². The molecule has 3 aromatic carbocycles. The number of rotatable bonds is 4. The molecule has 0 aliphatic heterocycles. The molecule has 5 aromatic rings. The maximum absolute atomic E-state index is 15.2. The summed E-state index contributed by atoms with van der Waals surface area (Å²) in [6, 6.07) is 22.9. The predicted molar refractivity (Wildman–Crippen MR) is 119 cm³/mol. The summed E-state index contributed by atoms with van der Waals surface area (Å²) in [6.45, 7) is 0.408. The van der Waals surface area contributed by atoms with Gasteiger partial charge in [0.05, 0.1) is 17.1 Å². The Morgan fingerprint density at radius 1 is 0.871 bits per heavy atom. The van der Waals surface area contributed by atoms with Crippen molar-refractivity contribution in [1.29, 1.82) is 5.26 Å². The molecule has 31 heavy (non-hydrogen) atoms. The van der Waals surface area contributed by atoms with Crippen LogP contribution in [0.3, 0.4) is 0 Å². The van der Waals surface area contributed by atoms with E-state index in [9.17, 15) is 0 Å². The topological polar surface area (TPSA) is 74.5 Å². The van der Waals surface area contributed by atoms with Gasteiger partial charge in [-0.1, -0.05) is 30.3 Å². The summed E-state index contributed by atoms with van der Waals surface area (Å²) in [7, 11) is 0. The number of fused-ring (bicyclic) bond motifs is 2. The van der Waals surface area contributed by atoms with Crippen LogP contribution in [0.2, 0.25) is 0 Å². The minimum atomic E-state index is -0.495. The lowest BCUT2D eigenvalue weighted by atomic mass is 10.0. The van der Waals surface area contributed by atoms with Gasteiger partial charge in [-0.25, -0.2) is 14.4 Å². The van der Waals surface area contributed by atoms with E-state index in [1.807, 2.05) is 60.7 Å². The van der Waals surface area contributed by atoms with Crippen LogP contribution < -0.4 is 5.32 Å². The molecule has 0 saturated heterocycles. The summed E-state index contributed by atoms with van der Waals surface area (Å²) >= 11 is 0. The molecule has 0 spiro atoms. The van der Waals surface area contributed by atoms with Crippen LogP contribution in [0.1, 0.15) is 11.1 Å². The monoisotopic (exact) mass is 405 g/mol. The highest BCUT2D eigenvalue weighted by Gasteiger charge is 2.13. The lowest BCUT2D eigenvalue weighted by Crippen LogP contribution is -2.05. The predicted octanol–water partition coefficient (Wildman–Crippen LogP) is 5.47. The fourth-order valence-corrected chi connectivity index (χ4v) is 3.58. The highest BCUT2D eigenvalue weighted by atomic mass is 19.1. The number of anilines is 1. The van der Waals surface area contributed by atoms with Gasteiger partial charge in [0.25, 0.3) is 0 Å². The van der Waals surface area contributed by atoms with Crippen LogP contribution in [0, 0.1) is 17.1 Å². The molecular weight excluding hydrogens is 389 g/mol. The summed E-state index contributed by atoms with van der Waals surface area (Å²) in [6.07, 6.45) is 3.09. The summed E-state index contributed by atoms with van der Waals surface area (Å²) in [5, 5.41) is 15.0. The standard InChI is InChI=1S/C25H16FN5/c26-23-24(21-7-8-22-20(12-21)2-1-9-28-22)30-15-31-25(23)29-14-17-4-6-18-10-16(13-27)3-5-19(18)11-17/h1-12,15H,14H2,(H,29,30,31). The molecule has 2 aromatic heterocycles. The molecule has 0 aliphatic carbocycles. The number of nitrogens with one attached hydrogen (secondary N) is 1. The number of nitriles is 1. The summed E-state index contributed by atoms with van der Waals surface area (Å²) in [5.74, 6) is -0.346. The second-order valence-electron chi connectivity index (χ2n) is 7.16. The lowest BCUT2D eigenvalue weighted by molar-refractivity contribution is 0.621. The molecule has 5 nitrogen and oxygen atoms in total. The molecule has 6 heteroatoms. The Labute approximate surface area is 177 Å². The van der Waals surface area contributed by atoms with Gasteiger partial charge in [-0.2, -0.15) is 5.26 Å². The van der Waals surface area contributed by atoms with Crippen LogP contribution in [-0.4, -0.2) is 15.0 Å². The molecule has 0 amide bonds. The normalized spacial score (nSPS) is 10.8. The quantitative estimate of drug-likeness (QED) is 0.429. The first-order valence-corrected chi connectivity index (χ1v) is 9.73. The van der Waals surface area contributed by atoms with E-state index >= 15 is 4.39 Å². The minimum absolute atomic E-state index is 0.149. The molecule has 0 atom stereocenters. The van der Waals surface area contributed by atoms with E-state index in [0.717, 1.165) is 27.2 Å². The second kappa shape index (κ2) is 7.81. The molecule has 0 radical (unpaired) electrons. The first-order valence-electron chi connectivity index (χ1n) is 9.73. The van der Waals surface area contributed by atoms with E-state index in [0.29, 0.717) is 17.7 Å². The average molecular weight is 405 g/mol. The number of aromatic nitrogens is 3. The Hall–Kier alpha value is -4.37. The Morgan fingerprint density at radius 2 is 1.74 bits per heavy atom. The third kappa shape index (κ3) is 3.65. The van der Waals surface area contributed by atoms with Gasteiger partial charge in [0.15, 0.2) is 11.6 Å². The SMILES string of the molecule is N#Cc1ccc2cc(CNc3ncnc(-c4ccc5ncccc5c4)c3F)ccc2c1. The van der Waals surface area contributed by atoms with Crippen molar-refractivity contribution in [3.63, 3.8) is 0 Å². The van der Waals surface area contributed by atoms with Crippen molar-refractivity contribution < 1.29 is 4.39 Å². The molecular formula is C25H16FN5. The number of halogens is 1. The first kappa shape index (κ1) is 18.6. The number of nitrogens with zero attached hydrogens (tertiary/aromatic N) is 4. The van der Waals surface area contributed by atoms with Gasteiger partial charge in [0.2, 0.25) is 0 Å². The fourth-order valence-electron chi connectivity index (χ4n) is 3.58. The maximum atomic E-state index is 15.2. The van der Waals surface area contributed by atoms with Crippen LogP contribution >= 0.6 is 0 Å². The van der Waals surface area contributed by atoms with Crippen molar-refractivity contribution in [1.82, 2.24) is 15.0 Å². The molecule has 0 unspecified atom stereocenters. The highest BCUT2D eigenvalue weighted by molar-refractivity contribution is 5.85. The van der Waals surface area contributed by atoms with Crippen molar-refractivity contribution in [2.45, 2.75) is 6.54 Å². The lowest BCUT2D eigenvalue weighted by Gasteiger charge is -2.10. The second-order valence-corrected chi connectivity index (χ2v) is 7.16. The van der Waals surface area contributed by atoms with E-state index in [-0.39, 0.29) is 11.5 Å². The van der Waals surface area contributed by atoms with E-state index in [1.54, 1.807) is 12.3 Å². The van der Waals surface area contributed by atoms with Gasteiger partial charge >= 0.3 is 0 Å². The summed E-state index contributed by atoms with van der Waals surface area (Å²) in [5.41, 5.74) is 3.36. The highest BCUT2D eigenvalue weighted by Crippen LogP contribution is 2.27. The van der Waals surface area contributed by atoms with E-state index < -0.39 is 5.82 Å². The molecule has 5 rings (SSSR count). The zero-order chi connectivity index (χ0) is 21.2. The number of hydrogen-bond donors (Lipinski definition) is 1. The van der Waals surface area contributed by atoms with Crippen molar-refractivity contribution in [3.8, 4) is 17.3 Å². The van der Waals surface area contributed by atoms with Crippen LogP contribution in [0.5, 0.6) is 0 Å². The van der Waals surface area contributed by atoms with Crippen LogP contribution in [0.25, 0.3) is 32.9 Å². The van der Waals surface area contributed by atoms with Gasteiger partial charge < -0.3 is 5.32 Å². The summed E-state index contributed by atoms with van der Waals surface area (Å²) < 4.78 is 15.2. The number of pyridine rings is 1. The van der Waals surface area contributed by atoms with Crippen LogP contribution in [0.4, 0.5) is 10.2 Å². The van der Waals surface area contributed by atoms with Gasteiger partial charge in [-0.05, 0) is 52.7 Å². The van der Waals surface area contributed by atoms with Gasteiger partial charge in [-0.15, -0.1) is 0 Å². The smallest absolute Gasteiger partial charge is 0.191 e. The fraction of sp³-hybridized carbons (Fsp3) is 0.0400. The molecule has 0 aliphatic rings. The van der Waals surface area contributed by atoms with Crippen molar-refractivity contribution in [3.05, 3.63) is 96.2 Å². The van der Waals surface area contributed by atoms with Gasteiger partial charge in [0.1, 0.15) is 12.0 Å². The number of benzene rings is 3. The maximum Gasteiger partial charge on any atom is 0.191 e. The number of hydrogen-bond acceptors (Lipinski definition) is 5. The van der Waals surface area contributed by atoms with E-state index in [2.05, 4.69) is 26.3 Å². The first-order chi connectivity index (χ1) is 15.2. The minimum Gasteiger partial charge on any atom is -0.363 e. The Bertz CT molecular complexity index is 1470. The van der Waals surface area contributed by atoms with Gasteiger partial charge in [0, 0.05) is 23.7 Å². The molecule has 0 fully saturated rings. The van der Waals surface area contributed by atoms with Crippen molar-refractivity contribution in [2.75, 3.05) is 5.32 Å². The van der Waals surface area contributed by atoms with E-state index in [1.165, 1.54) is 6.33 Å². The molecule has 1 N–H and O–H groups in total. The molecule has 2 heterocycles. The van der Waals surface area contributed by atoms with Crippen LogP contribution in [-0.2, 0) is 6.54 Å². The van der Waals surface area contributed by atoms with Crippen molar-refractivity contribution >= 4 is 27.5 Å². The average Bonchev–Trinajstić information content (AvgIpc) is 2.82. The third-order valence-corrected chi connectivity index (χ3v) is 5.16. The Morgan fingerprint density at radius 3 is 2.65 bits per heavy atom. The molecule has 0 saturated carbocycles. The zero-order valence-corrected chi connectivity index (χ0v) is 16.4. The van der Waals surface area contributed by atoms with E-state index in [4.69, 9.17) is 5.26 Å². The zero-order valence-electron chi connectivity index (χ0n) is 16.4. The molecule has 148 valence electrons. The van der Waals surface area contributed by atoms with Crippen LogP contribution in [0.15, 0.2) is 79.3 Å². The Balaban J connectivity index is 1.41. The molecule has 0 bridgehead atoms. The third-order valence-electron chi connectivity index (χ3n) is 5.16. The van der Waals surface area contributed by atoms with Gasteiger partial charge in [-0.3, -0.25) is 4.98 Å². The largest absolute Gasteiger partial charge is 0.363 e.